The first-order valence-electron chi connectivity index (χ1n) is 8.46. The lowest BCUT2D eigenvalue weighted by atomic mass is 10.3. The van der Waals surface area contributed by atoms with E-state index in [0.29, 0.717) is 27.9 Å². The second kappa shape index (κ2) is 9.26. The summed E-state index contributed by atoms with van der Waals surface area (Å²) < 4.78 is 2.03. The van der Waals surface area contributed by atoms with Crippen LogP contribution >= 0.6 is 35.0 Å². The summed E-state index contributed by atoms with van der Waals surface area (Å²) in [6, 6.07) is 14.9. The number of aryl methyl sites for hydroxylation is 1. The molecular formula is C19H18Cl2N4OS. The van der Waals surface area contributed by atoms with Crippen molar-refractivity contribution in [1.29, 1.82) is 0 Å². The van der Waals surface area contributed by atoms with Gasteiger partial charge in [0.05, 0.1) is 10.7 Å². The third kappa shape index (κ3) is 5.03. The predicted molar refractivity (Wildman–Crippen MR) is 111 cm³/mol. The molecule has 0 atom stereocenters. The number of benzene rings is 2. The highest BCUT2D eigenvalue weighted by Gasteiger charge is 2.14. The molecule has 8 heteroatoms. The molecular weight excluding hydrogens is 403 g/mol. The van der Waals surface area contributed by atoms with Crippen LogP contribution in [0.4, 0.5) is 5.69 Å². The topological polar surface area (TPSA) is 59.8 Å². The lowest BCUT2D eigenvalue weighted by Crippen LogP contribution is -2.12. The molecule has 0 fully saturated rings. The van der Waals surface area contributed by atoms with Crippen LogP contribution in [0.15, 0.2) is 53.7 Å². The number of carbonyl (C=O) groups is 1. The van der Waals surface area contributed by atoms with Gasteiger partial charge in [0.1, 0.15) is 5.82 Å². The van der Waals surface area contributed by atoms with Crippen LogP contribution in [-0.4, -0.2) is 26.4 Å². The summed E-state index contributed by atoms with van der Waals surface area (Å²) in [5.41, 5.74) is 1.57. The van der Waals surface area contributed by atoms with Crippen molar-refractivity contribution in [2.45, 2.75) is 24.9 Å². The summed E-state index contributed by atoms with van der Waals surface area (Å²) in [4.78, 5) is 12.2. The van der Waals surface area contributed by atoms with E-state index in [2.05, 4.69) is 15.5 Å². The number of hydrogen-bond acceptors (Lipinski definition) is 4. The maximum Gasteiger partial charge on any atom is 0.225 e. The fraction of sp³-hybridized carbons (Fsp3) is 0.211. The number of thioether (sulfide) groups is 1. The van der Waals surface area contributed by atoms with E-state index in [1.807, 2.05) is 41.8 Å². The Bertz CT molecular complexity index is 931. The molecule has 1 N–H and O–H groups in total. The molecule has 0 saturated heterocycles. The number of hydrogen-bond donors (Lipinski definition) is 1. The van der Waals surface area contributed by atoms with Crippen LogP contribution in [0.3, 0.4) is 0 Å². The summed E-state index contributed by atoms with van der Waals surface area (Å²) in [5, 5.41) is 13.1. The Kier molecular flexibility index (Phi) is 6.77. The zero-order valence-electron chi connectivity index (χ0n) is 14.7. The first-order chi connectivity index (χ1) is 13.1. The summed E-state index contributed by atoms with van der Waals surface area (Å²) in [7, 11) is 0. The first-order valence-corrected chi connectivity index (χ1v) is 10.2. The zero-order chi connectivity index (χ0) is 19.2. The molecule has 3 rings (SSSR count). The maximum absolute atomic E-state index is 12.2. The number of nitrogens with one attached hydrogen (secondary N) is 1. The van der Waals surface area contributed by atoms with Gasteiger partial charge in [-0.2, -0.15) is 0 Å². The molecule has 0 aliphatic carbocycles. The molecule has 0 unspecified atom stereocenters. The van der Waals surface area contributed by atoms with Gasteiger partial charge >= 0.3 is 0 Å². The Morgan fingerprint density at radius 3 is 2.63 bits per heavy atom. The Labute approximate surface area is 172 Å². The Morgan fingerprint density at radius 2 is 1.93 bits per heavy atom. The normalized spacial score (nSPS) is 10.8. The lowest BCUT2D eigenvalue weighted by Gasteiger charge is -2.10. The van der Waals surface area contributed by atoms with Crippen molar-refractivity contribution in [3.05, 3.63) is 64.4 Å². The van der Waals surface area contributed by atoms with Crippen LogP contribution in [0.25, 0.3) is 5.69 Å². The maximum atomic E-state index is 12.2. The first kappa shape index (κ1) is 19.7. The van der Waals surface area contributed by atoms with Crippen LogP contribution in [0.5, 0.6) is 0 Å². The third-order valence-electron chi connectivity index (χ3n) is 3.80. The Hall–Kier alpha value is -2.02. The van der Waals surface area contributed by atoms with Crippen molar-refractivity contribution < 1.29 is 4.79 Å². The molecule has 0 radical (unpaired) electrons. The molecule has 0 aliphatic rings. The Balaban J connectivity index is 1.62. The molecule has 140 valence electrons. The van der Waals surface area contributed by atoms with Crippen LogP contribution in [0.2, 0.25) is 10.0 Å². The van der Waals surface area contributed by atoms with Crippen LogP contribution in [0.1, 0.15) is 19.2 Å². The van der Waals surface area contributed by atoms with E-state index in [9.17, 15) is 4.79 Å². The van der Waals surface area contributed by atoms with E-state index >= 15 is 0 Å². The van der Waals surface area contributed by atoms with Crippen molar-refractivity contribution in [3.63, 3.8) is 0 Å². The molecule has 0 saturated carbocycles. The molecule has 3 aromatic rings. The molecule has 1 amide bonds. The second-order valence-electron chi connectivity index (χ2n) is 5.69. The van der Waals surface area contributed by atoms with Gasteiger partial charge in [0, 0.05) is 29.3 Å². The van der Waals surface area contributed by atoms with Crippen molar-refractivity contribution in [2.75, 3.05) is 11.1 Å². The van der Waals surface area contributed by atoms with Crippen LogP contribution < -0.4 is 5.32 Å². The molecule has 27 heavy (non-hydrogen) atoms. The van der Waals surface area contributed by atoms with Crippen molar-refractivity contribution >= 4 is 46.6 Å². The second-order valence-corrected chi connectivity index (χ2v) is 7.60. The highest BCUT2D eigenvalue weighted by molar-refractivity contribution is 7.99. The smallest absolute Gasteiger partial charge is 0.225 e. The van der Waals surface area contributed by atoms with Gasteiger partial charge in [-0.15, -0.1) is 10.2 Å². The number of aromatic nitrogens is 3. The minimum atomic E-state index is -0.117. The van der Waals surface area contributed by atoms with Crippen molar-refractivity contribution in [3.8, 4) is 5.69 Å². The molecule has 0 spiro atoms. The molecule has 5 nitrogen and oxygen atoms in total. The van der Waals surface area contributed by atoms with E-state index in [-0.39, 0.29) is 5.91 Å². The summed E-state index contributed by atoms with van der Waals surface area (Å²) in [5.74, 6) is 1.35. The number of carbonyl (C=O) groups excluding carboxylic acids is 1. The highest BCUT2D eigenvalue weighted by atomic mass is 35.5. The summed E-state index contributed by atoms with van der Waals surface area (Å²) in [6.45, 7) is 2.04. The van der Waals surface area contributed by atoms with E-state index < -0.39 is 0 Å². The number of rotatable bonds is 7. The van der Waals surface area contributed by atoms with Gasteiger partial charge in [-0.3, -0.25) is 9.36 Å². The number of nitrogens with zero attached hydrogens (tertiary/aromatic N) is 3. The highest BCUT2D eigenvalue weighted by Crippen LogP contribution is 2.26. The average Bonchev–Trinajstić information content (AvgIpc) is 3.08. The average molecular weight is 421 g/mol. The van der Waals surface area contributed by atoms with Gasteiger partial charge in [-0.25, -0.2) is 0 Å². The van der Waals surface area contributed by atoms with Gasteiger partial charge < -0.3 is 5.32 Å². The van der Waals surface area contributed by atoms with Gasteiger partial charge in [0.2, 0.25) is 5.91 Å². The number of amides is 1. The quantitative estimate of drug-likeness (QED) is 0.529. The fourth-order valence-corrected chi connectivity index (χ4v) is 3.86. The van der Waals surface area contributed by atoms with Crippen molar-refractivity contribution in [2.24, 2.45) is 0 Å². The van der Waals surface area contributed by atoms with Gasteiger partial charge in [0.15, 0.2) is 5.16 Å². The van der Waals surface area contributed by atoms with Crippen molar-refractivity contribution in [1.82, 2.24) is 14.8 Å². The van der Waals surface area contributed by atoms with Gasteiger partial charge in [-0.1, -0.05) is 60.1 Å². The molecule has 2 aromatic carbocycles. The van der Waals surface area contributed by atoms with Crippen LogP contribution in [0, 0.1) is 0 Å². The monoisotopic (exact) mass is 420 g/mol. The largest absolute Gasteiger partial charge is 0.325 e. The molecule has 1 heterocycles. The van der Waals surface area contributed by atoms with Gasteiger partial charge in [-0.05, 0) is 30.3 Å². The van der Waals surface area contributed by atoms with Gasteiger partial charge in [0.25, 0.3) is 0 Å². The number of anilines is 1. The third-order valence-corrected chi connectivity index (χ3v) is 5.27. The lowest BCUT2D eigenvalue weighted by molar-refractivity contribution is -0.115. The minimum Gasteiger partial charge on any atom is -0.325 e. The molecule has 0 bridgehead atoms. The van der Waals surface area contributed by atoms with E-state index in [1.54, 1.807) is 18.2 Å². The summed E-state index contributed by atoms with van der Waals surface area (Å²) in [6.07, 6.45) is 1.10. The number of halogens is 2. The molecule has 1 aromatic heterocycles. The van der Waals surface area contributed by atoms with Crippen LogP contribution in [-0.2, 0) is 11.2 Å². The number of para-hydroxylation sites is 1. The Morgan fingerprint density at radius 1 is 1.15 bits per heavy atom. The van der Waals surface area contributed by atoms with E-state index in [0.717, 1.165) is 23.1 Å². The fourth-order valence-electron chi connectivity index (χ4n) is 2.50. The molecule has 0 aliphatic heterocycles. The van der Waals surface area contributed by atoms with E-state index in [1.165, 1.54) is 11.8 Å². The SMILES string of the molecule is CCc1nnc(SCCC(=O)Nc2ccc(Cl)cc2Cl)n1-c1ccccc1. The van der Waals surface area contributed by atoms with E-state index in [4.69, 9.17) is 23.2 Å². The summed E-state index contributed by atoms with van der Waals surface area (Å²) >= 11 is 13.5. The minimum absolute atomic E-state index is 0.117. The standard InChI is InChI=1S/C19H18Cl2N4OS/c1-2-17-23-24-19(25(17)14-6-4-3-5-7-14)27-11-10-18(26)22-16-9-8-13(20)12-15(16)21/h3-9,12H,2,10-11H2,1H3,(H,22,26). The zero-order valence-corrected chi connectivity index (χ0v) is 17.0. The predicted octanol–water partition coefficient (Wildman–Crippen LogP) is 5.26.